The molecule has 0 aliphatic rings. The van der Waals surface area contributed by atoms with Gasteiger partial charge in [-0.15, -0.1) is 0 Å². The maximum Gasteiger partial charge on any atom is 0.270 e. The lowest BCUT2D eigenvalue weighted by molar-refractivity contribution is 0.0943. The van der Waals surface area contributed by atoms with E-state index in [1.807, 2.05) is 50.5 Å². The second-order valence-corrected chi connectivity index (χ2v) is 6.32. The Morgan fingerprint density at radius 3 is 2.63 bits per heavy atom. The van der Waals surface area contributed by atoms with Gasteiger partial charge in [0.2, 0.25) is 0 Å². The van der Waals surface area contributed by atoms with Crippen LogP contribution in [0, 0.1) is 0 Å². The van der Waals surface area contributed by atoms with Gasteiger partial charge in [-0.3, -0.25) is 4.79 Å². The number of furan rings is 1. The van der Waals surface area contributed by atoms with Crippen LogP contribution in [0.2, 0.25) is 0 Å². The van der Waals surface area contributed by atoms with Gasteiger partial charge in [0.25, 0.3) is 5.91 Å². The molecule has 2 N–H and O–H groups in total. The maximum atomic E-state index is 12.6. The minimum Gasteiger partial charge on any atom is -0.467 e. The van der Waals surface area contributed by atoms with Crippen molar-refractivity contribution < 1.29 is 9.21 Å². The number of benzene rings is 1. The zero-order valence-electron chi connectivity index (χ0n) is 15.5. The molecule has 7 heteroatoms. The van der Waals surface area contributed by atoms with Crippen LogP contribution in [0.25, 0.3) is 11.4 Å². The number of carbonyl (C=O) groups excluding carboxylic acids is 1. The lowest BCUT2D eigenvalue weighted by atomic mass is 10.2. The Morgan fingerprint density at radius 1 is 1.11 bits per heavy atom. The smallest absolute Gasteiger partial charge is 0.270 e. The van der Waals surface area contributed by atoms with E-state index in [0.29, 0.717) is 36.2 Å². The van der Waals surface area contributed by atoms with E-state index in [0.717, 1.165) is 12.1 Å². The molecule has 1 amide bonds. The Bertz CT molecular complexity index is 863. The van der Waals surface area contributed by atoms with Crippen molar-refractivity contribution in [2.75, 3.05) is 32.5 Å². The molecular formula is C20H23N5O2. The summed E-state index contributed by atoms with van der Waals surface area (Å²) in [6.07, 6.45) is 1.58. The third kappa shape index (κ3) is 5.39. The van der Waals surface area contributed by atoms with Gasteiger partial charge in [0.15, 0.2) is 5.82 Å². The fraction of sp³-hybridized carbons (Fsp3) is 0.250. The first-order chi connectivity index (χ1) is 13.1. The Morgan fingerprint density at radius 2 is 1.93 bits per heavy atom. The van der Waals surface area contributed by atoms with Crippen molar-refractivity contribution in [1.82, 2.24) is 20.2 Å². The second kappa shape index (κ2) is 8.95. The second-order valence-electron chi connectivity index (χ2n) is 6.32. The first-order valence-corrected chi connectivity index (χ1v) is 8.75. The first kappa shape index (κ1) is 18.6. The Kier molecular flexibility index (Phi) is 6.17. The van der Waals surface area contributed by atoms with E-state index in [4.69, 9.17) is 4.42 Å². The zero-order valence-corrected chi connectivity index (χ0v) is 15.5. The van der Waals surface area contributed by atoms with Crippen LogP contribution in [-0.4, -0.2) is 48.0 Å². The van der Waals surface area contributed by atoms with Crippen molar-refractivity contribution in [3.05, 3.63) is 66.2 Å². The van der Waals surface area contributed by atoms with Crippen LogP contribution in [0.1, 0.15) is 16.2 Å². The van der Waals surface area contributed by atoms with Crippen LogP contribution in [0.4, 0.5) is 5.82 Å². The highest BCUT2D eigenvalue weighted by molar-refractivity contribution is 5.93. The van der Waals surface area contributed by atoms with E-state index in [-0.39, 0.29) is 5.91 Å². The molecule has 140 valence electrons. The fourth-order valence-electron chi connectivity index (χ4n) is 2.45. The number of hydrogen-bond acceptors (Lipinski definition) is 6. The minimum absolute atomic E-state index is 0.276. The summed E-state index contributed by atoms with van der Waals surface area (Å²) in [7, 11) is 4.01. The molecule has 0 unspecified atom stereocenters. The Balaban J connectivity index is 1.81. The summed E-state index contributed by atoms with van der Waals surface area (Å²) in [6, 6.07) is 14.9. The predicted octanol–water partition coefficient (Wildman–Crippen LogP) is 2.64. The van der Waals surface area contributed by atoms with Crippen molar-refractivity contribution in [2.24, 2.45) is 0 Å². The number of rotatable bonds is 8. The molecule has 0 aliphatic carbocycles. The highest BCUT2D eigenvalue weighted by Gasteiger charge is 2.13. The quantitative estimate of drug-likeness (QED) is 0.638. The van der Waals surface area contributed by atoms with Gasteiger partial charge in [-0.1, -0.05) is 30.3 Å². The van der Waals surface area contributed by atoms with Crippen LogP contribution >= 0.6 is 0 Å². The lowest BCUT2D eigenvalue weighted by Crippen LogP contribution is -2.25. The average Bonchev–Trinajstić information content (AvgIpc) is 3.20. The summed E-state index contributed by atoms with van der Waals surface area (Å²) < 4.78 is 5.25. The Labute approximate surface area is 158 Å². The summed E-state index contributed by atoms with van der Waals surface area (Å²) in [6.45, 7) is 1.87. The number of carbonyl (C=O) groups is 1. The van der Waals surface area contributed by atoms with Crippen molar-refractivity contribution in [3.8, 4) is 11.4 Å². The maximum absolute atomic E-state index is 12.6. The van der Waals surface area contributed by atoms with E-state index in [9.17, 15) is 4.79 Å². The summed E-state index contributed by atoms with van der Waals surface area (Å²) in [5.41, 5.74) is 1.16. The normalized spacial score (nSPS) is 10.8. The van der Waals surface area contributed by atoms with E-state index < -0.39 is 0 Å². The molecule has 0 saturated heterocycles. The highest BCUT2D eigenvalue weighted by atomic mass is 16.3. The average molecular weight is 365 g/mol. The molecule has 0 bridgehead atoms. The van der Waals surface area contributed by atoms with Gasteiger partial charge in [0, 0.05) is 24.7 Å². The molecule has 0 fully saturated rings. The molecule has 3 rings (SSSR count). The number of likely N-dealkylation sites (N-methyl/N-ethyl adjacent to an activating group) is 1. The third-order valence-electron chi connectivity index (χ3n) is 3.86. The monoisotopic (exact) mass is 365 g/mol. The topological polar surface area (TPSA) is 83.3 Å². The number of aromatic nitrogens is 2. The molecule has 0 aliphatic heterocycles. The minimum atomic E-state index is -0.276. The van der Waals surface area contributed by atoms with Crippen molar-refractivity contribution in [3.63, 3.8) is 0 Å². The van der Waals surface area contributed by atoms with Gasteiger partial charge >= 0.3 is 0 Å². The van der Waals surface area contributed by atoms with E-state index in [1.165, 1.54) is 0 Å². The number of amides is 1. The summed E-state index contributed by atoms with van der Waals surface area (Å²) in [5.74, 6) is 1.54. The van der Waals surface area contributed by atoms with Gasteiger partial charge in [-0.2, -0.15) is 0 Å². The molecule has 0 spiro atoms. The van der Waals surface area contributed by atoms with Crippen LogP contribution in [0.15, 0.2) is 59.2 Å². The largest absolute Gasteiger partial charge is 0.467 e. The van der Waals surface area contributed by atoms with Gasteiger partial charge < -0.3 is 20.0 Å². The summed E-state index contributed by atoms with van der Waals surface area (Å²) in [4.78, 5) is 23.6. The number of anilines is 1. The lowest BCUT2D eigenvalue weighted by Gasteiger charge is -2.13. The van der Waals surface area contributed by atoms with Crippen LogP contribution in [0.3, 0.4) is 0 Å². The number of hydrogen-bond donors (Lipinski definition) is 2. The van der Waals surface area contributed by atoms with Crippen LogP contribution in [-0.2, 0) is 6.54 Å². The summed E-state index contributed by atoms with van der Waals surface area (Å²) in [5, 5.41) is 6.08. The molecule has 3 aromatic rings. The highest BCUT2D eigenvalue weighted by Crippen LogP contribution is 2.18. The van der Waals surface area contributed by atoms with Crippen LogP contribution < -0.4 is 10.6 Å². The molecule has 1 aromatic carbocycles. The SMILES string of the molecule is CN(C)CCNc1cc(C(=O)NCc2ccco2)nc(-c2ccccc2)n1. The van der Waals surface area contributed by atoms with Gasteiger partial charge in [-0.25, -0.2) is 9.97 Å². The van der Waals surface area contributed by atoms with Crippen molar-refractivity contribution in [1.29, 1.82) is 0 Å². The zero-order chi connectivity index (χ0) is 19.1. The van der Waals surface area contributed by atoms with Crippen molar-refractivity contribution >= 4 is 11.7 Å². The van der Waals surface area contributed by atoms with Gasteiger partial charge in [-0.05, 0) is 26.2 Å². The molecular weight excluding hydrogens is 342 g/mol. The third-order valence-corrected chi connectivity index (χ3v) is 3.86. The molecule has 0 radical (unpaired) electrons. The van der Waals surface area contributed by atoms with Crippen molar-refractivity contribution in [2.45, 2.75) is 6.54 Å². The van der Waals surface area contributed by atoms with E-state index in [1.54, 1.807) is 18.4 Å². The van der Waals surface area contributed by atoms with E-state index in [2.05, 4.69) is 25.5 Å². The predicted molar refractivity (Wildman–Crippen MR) is 104 cm³/mol. The molecule has 0 atom stereocenters. The first-order valence-electron chi connectivity index (χ1n) is 8.75. The van der Waals surface area contributed by atoms with Gasteiger partial charge in [0.1, 0.15) is 17.3 Å². The molecule has 27 heavy (non-hydrogen) atoms. The summed E-state index contributed by atoms with van der Waals surface area (Å²) >= 11 is 0. The fourth-order valence-corrected chi connectivity index (χ4v) is 2.45. The molecule has 0 saturated carbocycles. The molecule has 2 aromatic heterocycles. The van der Waals surface area contributed by atoms with E-state index >= 15 is 0 Å². The molecule has 7 nitrogen and oxygen atoms in total. The number of nitrogens with one attached hydrogen (secondary N) is 2. The molecule has 2 heterocycles. The van der Waals surface area contributed by atoms with Gasteiger partial charge in [0.05, 0.1) is 12.8 Å². The number of nitrogens with zero attached hydrogens (tertiary/aromatic N) is 3. The van der Waals surface area contributed by atoms with Crippen LogP contribution in [0.5, 0.6) is 0 Å². The standard InChI is InChI=1S/C20H23N5O2/c1-25(2)11-10-21-18-13-17(20(26)22-14-16-9-6-12-27-16)23-19(24-18)15-7-4-3-5-8-15/h3-9,12-13H,10-11,14H2,1-2H3,(H,22,26)(H,21,23,24). The Hall–Kier alpha value is -3.19.